The minimum Gasteiger partial charge on any atom is -0.489 e. The van der Waals surface area contributed by atoms with Gasteiger partial charge in [0, 0.05) is 16.1 Å². The molecule has 2 nitrogen and oxygen atoms in total. The Balaban J connectivity index is 2.12. The Hall–Kier alpha value is -1.46. The molecule has 0 aliphatic rings. The van der Waals surface area contributed by atoms with Crippen LogP contribution in [0, 0.1) is 11.6 Å². The fourth-order valence-electron chi connectivity index (χ4n) is 1.60. The Morgan fingerprint density at radius 3 is 2.53 bits per heavy atom. The number of rotatable bonds is 4. The second-order valence-electron chi connectivity index (χ2n) is 3.98. The molecule has 0 bridgehead atoms. The van der Waals surface area contributed by atoms with E-state index in [9.17, 15) is 8.78 Å². The van der Waals surface area contributed by atoms with Crippen LogP contribution < -0.4 is 4.74 Å². The van der Waals surface area contributed by atoms with E-state index < -0.39 is 5.82 Å². The Labute approximate surface area is 117 Å². The Morgan fingerprint density at radius 1 is 1.05 bits per heavy atom. The minimum atomic E-state index is -0.472. The van der Waals surface area contributed by atoms with Gasteiger partial charge in [0.05, 0.1) is 6.61 Å². The summed E-state index contributed by atoms with van der Waals surface area (Å²) >= 11 is 3.23. The maximum Gasteiger partial charge on any atom is 0.127 e. The van der Waals surface area contributed by atoms with Gasteiger partial charge < -0.3 is 9.84 Å². The first-order valence-electron chi connectivity index (χ1n) is 5.55. The molecule has 0 radical (unpaired) electrons. The summed E-state index contributed by atoms with van der Waals surface area (Å²) in [5.41, 5.74) is 1.18. The maximum atomic E-state index is 13.2. The van der Waals surface area contributed by atoms with E-state index in [0.717, 1.165) is 5.56 Å². The topological polar surface area (TPSA) is 29.5 Å². The predicted octanol–water partition coefficient (Wildman–Crippen LogP) is 3.80. The third-order valence-electron chi connectivity index (χ3n) is 2.52. The number of halogens is 3. The molecule has 19 heavy (non-hydrogen) atoms. The van der Waals surface area contributed by atoms with Crippen molar-refractivity contribution in [3.05, 3.63) is 63.6 Å². The van der Waals surface area contributed by atoms with Crippen LogP contribution in [0.3, 0.4) is 0 Å². The average Bonchev–Trinajstić information content (AvgIpc) is 2.37. The van der Waals surface area contributed by atoms with Crippen LogP contribution in [0.5, 0.6) is 5.75 Å². The number of benzene rings is 2. The van der Waals surface area contributed by atoms with Gasteiger partial charge in [-0.3, -0.25) is 0 Å². The highest BCUT2D eigenvalue weighted by Gasteiger charge is 2.05. The number of hydrogen-bond donors (Lipinski definition) is 1. The highest BCUT2D eigenvalue weighted by molar-refractivity contribution is 9.10. The Bertz CT molecular complexity index is 588. The summed E-state index contributed by atoms with van der Waals surface area (Å²) in [5.74, 6) is -0.496. The number of aliphatic hydroxyl groups is 1. The molecule has 0 amide bonds. The molecule has 0 aliphatic carbocycles. The number of aliphatic hydroxyl groups excluding tert-OH is 1. The second kappa shape index (κ2) is 6.12. The quantitative estimate of drug-likeness (QED) is 0.925. The zero-order valence-corrected chi connectivity index (χ0v) is 11.5. The molecule has 0 atom stereocenters. The maximum absolute atomic E-state index is 13.2. The summed E-state index contributed by atoms with van der Waals surface area (Å²) in [6, 6.07) is 8.28. The van der Waals surface area contributed by atoms with Crippen molar-refractivity contribution in [3.63, 3.8) is 0 Å². The highest BCUT2D eigenvalue weighted by atomic mass is 79.9. The zero-order valence-electron chi connectivity index (χ0n) is 9.87. The Kier molecular flexibility index (Phi) is 4.50. The first-order chi connectivity index (χ1) is 9.08. The van der Waals surface area contributed by atoms with Gasteiger partial charge in [-0.1, -0.05) is 22.0 Å². The average molecular weight is 329 g/mol. The molecule has 0 saturated heterocycles. The van der Waals surface area contributed by atoms with Gasteiger partial charge in [-0.25, -0.2) is 8.78 Å². The van der Waals surface area contributed by atoms with Gasteiger partial charge >= 0.3 is 0 Å². The van der Waals surface area contributed by atoms with Crippen LogP contribution in [0.1, 0.15) is 11.1 Å². The molecule has 0 saturated carbocycles. The summed E-state index contributed by atoms with van der Waals surface area (Å²) in [4.78, 5) is 0. The second-order valence-corrected chi connectivity index (χ2v) is 4.83. The van der Waals surface area contributed by atoms with Crippen molar-refractivity contribution in [1.82, 2.24) is 0 Å². The SMILES string of the molecule is OCc1cc(F)cc(OCc2ccc(F)cc2Br)c1. The van der Waals surface area contributed by atoms with Gasteiger partial charge in [0.25, 0.3) is 0 Å². The van der Waals surface area contributed by atoms with E-state index in [1.165, 1.54) is 24.3 Å². The first kappa shape index (κ1) is 14.0. The minimum absolute atomic E-state index is 0.176. The van der Waals surface area contributed by atoms with Gasteiger partial charge in [-0.05, 0) is 29.8 Å². The predicted molar refractivity (Wildman–Crippen MR) is 70.8 cm³/mol. The summed E-state index contributed by atoms with van der Waals surface area (Å²) in [6.45, 7) is -0.0798. The van der Waals surface area contributed by atoms with Gasteiger partial charge in [0.1, 0.15) is 24.0 Å². The van der Waals surface area contributed by atoms with Crippen molar-refractivity contribution < 1.29 is 18.6 Å². The molecule has 100 valence electrons. The van der Waals surface area contributed by atoms with Crippen LogP contribution in [0.4, 0.5) is 8.78 Å². The van der Waals surface area contributed by atoms with Crippen LogP contribution in [-0.4, -0.2) is 5.11 Å². The van der Waals surface area contributed by atoms with Crippen LogP contribution in [0.15, 0.2) is 40.9 Å². The molecular weight excluding hydrogens is 318 g/mol. The van der Waals surface area contributed by atoms with E-state index in [1.807, 2.05) is 0 Å². The van der Waals surface area contributed by atoms with E-state index in [1.54, 1.807) is 12.1 Å². The van der Waals surface area contributed by atoms with Gasteiger partial charge in [-0.2, -0.15) is 0 Å². The third-order valence-corrected chi connectivity index (χ3v) is 3.26. The molecular formula is C14H11BrF2O2. The molecule has 2 aromatic carbocycles. The molecule has 0 aliphatic heterocycles. The highest BCUT2D eigenvalue weighted by Crippen LogP contribution is 2.22. The number of ether oxygens (including phenoxy) is 1. The van der Waals surface area contributed by atoms with Crippen LogP contribution in [0.25, 0.3) is 0 Å². The lowest BCUT2D eigenvalue weighted by Crippen LogP contribution is -1.98. The fraction of sp³-hybridized carbons (Fsp3) is 0.143. The van der Waals surface area contributed by atoms with Gasteiger partial charge in [0.2, 0.25) is 0 Å². The van der Waals surface area contributed by atoms with Crippen molar-refractivity contribution >= 4 is 15.9 Å². The molecule has 0 heterocycles. The van der Waals surface area contributed by atoms with Crippen LogP contribution in [0.2, 0.25) is 0 Å². The summed E-state index contributed by atoms with van der Waals surface area (Å²) in [5, 5.41) is 8.97. The van der Waals surface area contributed by atoms with E-state index in [-0.39, 0.29) is 19.0 Å². The molecule has 0 spiro atoms. The first-order valence-corrected chi connectivity index (χ1v) is 6.35. The van der Waals surface area contributed by atoms with Crippen molar-refractivity contribution in [2.24, 2.45) is 0 Å². The third kappa shape index (κ3) is 3.75. The Morgan fingerprint density at radius 2 is 1.84 bits per heavy atom. The summed E-state index contributed by atoms with van der Waals surface area (Å²) in [7, 11) is 0. The lowest BCUT2D eigenvalue weighted by Gasteiger charge is -2.09. The largest absolute Gasteiger partial charge is 0.489 e. The molecule has 0 fully saturated rings. The molecule has 5 heteroatoms. The van der Waals surface area contributed by atoms with Crippen LogP contribution >= 0.6 is 15.9 Å². The molecule has 1 N–H and O–H groups in total. The van der Waals surface area contributed by atoms with E-state index in [2.05, 4.69) is 15.9 Å². The smallest absolute Gasteiger partial charge is 0.127 e. The van der Waals surface area contributed by atoms with Crippen molar-refractivity contribution in [3.8, 4) is 5.75 Å². The monoisotopic (exact) mass is 328 g/mol. The fourth-order valence-corrected chi connectivity index (χ4v) is 2.06. The zero-order chi connectivity index (χ0) is 13.8. The van der Waals surface area contributed by atoms with Crippen LogP contribution in [-0.2, 0) is 13.2 Å². The standard InChI is InChI=1S/C14H11BrF2O2/c15-14-6-11(16)2-1-10(14)8-19-13-4-9(7-18)3-12(17)5-13/h1-6,18H,7-8H2. The lowest BCUT2D eigenvalue weighted by atomic mass is 10.2. The van der Waals surface area contributed by atoms with Gasteiger partial charge in [-0.15, -0.1) is 0 Å². The summed E-state index contributed by atoms with van der Waals surface area (Å²) < 4.78 is 32.2. The molecule has 0 aromatic heterocycles. The molecule has 0 unspecified atom stereocenters. The molecule has 2 rings (SSSR count). The normalized spacial score (nSPS) is 10.5. The van der Waals surface area contributed by atoms with Gasteiger partial charge in [0.15, 0.2) is 0 Å². The lowest BCUT2D eigenvalue weighted by molar-refractivity contribution is 0.276. The van der Waals surface area contributed by atoms with E-state index >= 15 is 0 Å². The summed E-state index contributed by atoms with van der Waals surface area (Å²) in [6.07, 6.45) is 0. The number of hydrogen-bond acceptors (Lipinski definition) is 2. The van der Waals surface area contributed by atoms with Crippen molar-refractivity contribution in [2.45, 2.75) is 13.2 Å². The van der Waals surface area contributed by atoms with E-state index in [4.69, 9.17) is 9.84 Å². The van der Waals surface area contributed by atoms with E-state index in [0.29, 0.717) is 15.8 Å². The van der Waals surface area contributed by atoms with Crippen molar-refractivity contribution in [2.75, 3.05) is 0 Å². The molecule has 2 aromatic rings. The van der Waals surface area contributed by atoms with Crippen molar-refractivity contribution in [1.29, 1.82) is 0 Å².